The molecule has 1 aromatic carbocycles. The van der Waals surface area contributed by atoms with Crippen LogP contribution in [0.25, 0.3) is 0 Å². The maximum atomic E-state index is 11.0. The predicted molar refractivity (Wildman–Crippen MR) is 76.2 cm³/mol. The van der Waals surface area contributed by atoms with E-state index in [9.17, 15) is 4.79 Å². The van der Waals surface area contributed by atoms with Gasteiger partial charge < -0.3 is 15.2 Å². The molecule has 1 unspecified atom stereocenters. The summed E-state index contributed by atoms with van der Waals surface area (Å²) in [7, 11) is 1.51. The zero-order valence-corrected chi connectivity index (χ0v) is 12.4. The number of methoxy groups -OCH3 is 1. The van der Waals surface area contributed by atoms with Gasteiger partial charge in [0.15, 0.2) is 0 Å². The van der Waals surface area contributed by atoms with Gasteiger partial charge in [-0.25, -0.2) is 0 Å². The van der Waals surface area contributed by atoms with E-state index in [0.29, 0.717) is 28.8 Å². The van der Waals surface area contributed by atoms with Gasteiger partial charge in [-0.1, -0.05) is 36.5 Å². The molecule has 4 nitrogen and oxygen atoms in total. The van der Waals surface area contributed by atoms with Gasteiger partial charge in [0.1, 0.15) is 11.8 Å². The van der Waals surface area contributed by atoms with Gasteiger partial charge in [-0.3, -0.25) is 4.79 Å². The Morgan fingerprint density at radius 3 is 2.63 bits per heavy atom. The van der Waals surface area contributed by atoms with Gasteiger partial charge >= 0.3 is 5.97 Å². The smallest absolute Gasteiger partial charge is 0.320 e. The number of nitrogens with one attached hydrogen (secondary N) is 1. The summed E-state index contributed by atoms with van der Waals surface area (Å²) in [5.41, 5.74) is 0.745. The molecule has 0 amide bonds. The van der Waals surface area contributed by atoms with Crippen LogP contribution in [0.2, 0.25) is 10.0 Å². The predicted octanol–water partition coefficient (Wildman–Crippen LogP) is 3.34. The maximum Gasteiger partial charge on any atom is 0.320 e. The van der Waals surface area contributed by atoms with Crippen LogP contribution in [-0.2, 0) is 11.3 Å². The molecule has 0 spiro atoms. The number of halogens is 2. The minimum atomic E-state index is -0.863. The number of hydrogen-bond acceptors (Lipinski definition) is 3. The molecule has 1 aromatic rings. The van der Waals surface area contributed by atoms with Crippen molar-refractivity contribution in [3.05, 3.63) is 27.7 Å². The van der Waals surface area contributed by atoms with Crippen molar-refractivity contribution in [2.75, 3.05) is 7.11 Å². The van der Waals surface area contributed by atoms with E-state index in [4.69, 9.17) is 33.0 Å². The number of rotatable bonds is 7. The van der Waals surface area contributed by atoms with E-state index in [1.54, 1.807) is 12.1 Å². The summed E-state index contributed by atoms with van der Waals surface area (Å²) < 4.78 is 5.05. The van der Waals surface area contributed by atoms with Crippen molar-refractivity contribution < 1.29 is 14.6 Å². The van der Waals surface area contributed by atoms with Crippen molar-refractivity contribution in [3.63, 3.8) is 0 Å². The molecule has 0 heterocycles. The lowest BCUT2D eigenvalue weighted by atomic mass is 10.1. The maximum absolute atomic E-state index is 11.0. The average Bonchev–Trinajstić information content (AvgIpc) is 2.37. The number of hydrogen-bond donors (Lipinski definition) is 2. The Hall–Kier alpha value is -0.970. The van der Waals surface area contributed by atoms with Crippen LogP contribution in [0, 0.1) is 0 Å². The van der Waals surface area contributed by atoms with Crippen LogP contribution in [-0.4, -0.2) is 24.2 Å². The summed E-state index contributed by atoms with van der Waals surface area (Å²) in [5, 5.41) is 13.0. The lowest BCUT2D eigenvalue weighted by Crippen LogP contribution is -2.36. The number of aliphatic carboxylic acids is 1. The molecule has 0 aliphatic heterocycles. The third kappa shape index (κ3) is 4.56. The van der Waals surface area contributed by atoms with E-state index in [-0.39, 0.29) is 0 Å². The zero-order chi connectivity index (χ0) is 14.4. The molecular weight excluding hydrogens is 289 g/mol. The van der Waals surface area contributed by atoms with Crippen LogP contribution in [0.4, 0.5) is 0 Å². The zero-order valence-electron chi connectivity index (χ0n) is 10.9. The van der Waals surface area contributed by atoms with Gasteiger partial charge in [0.2, 0.25) is 0 Å². The van der Waals surface area contributed by atoms with Crippen LogP contribution in [0.5, 0.6) is 5.75 Å². The first kappa shape index (κ1) is 16.1. The Kier molecular flexibility index (Phi) is 6.42. The van der Waals surface area contributed by atoms with Gasteiger partial charge in [-0.15, -0.1) is 0 Å². The third-order valence-electron chi connectivity index (χ3n) is 2.74. The number of carboxylic acid groups (broad SMARTS) is 1. The molecule has 0 bridgehead atoms. The van der Waals surface area contributed by atoms with Gasteiger partial charge in [0.05, 0.1) is 12.1 Å². The van der Waals surface area contributed by atoms with Gasteiger partial charge in [-0.05, 0) is 18.1 Å². The fourth-order valence-electron chi connectivity index (χ4n) is 1.70. The second-order valence-corrected chi connectivity index (χ2v) is 4.95. The Labute approximate surface area is 122 Å². The molecular formula is C13H17Cl2NO3. The highest BCUT2D eigenvalue weighted by Gasteiger charge is 2.16. The molecule has 0 saturated heterocycles. The Balaban J connectivity index is 2.77. The molecule has 1 rings (SSSR count). The first-order valence-corrected chi connectivity index (χ1v) is 6.73. The highest BCUT2D eigenvalue weighted by Crippen LogP contribution is 2.30. The summed E-state index contributed by atoms with van der Waals surface area (Å²) in [5.74, 6) is -0.364. The molecule has 1 atom stereocenters. The highest BCUT2D eigenvalue weighted by atomic mass is 35.5. The van der Waals surface area contributed by atoms with Crippen molar-refractivity contribution >= 4 is 29.2 Å². The number of ether oxygens (including phenoxy) is 1. The molecule has 0 aliphatic carbocycles. The topological polar surface area (TPSA) is 58.6 Å². The minimum absolute atomic E-state index is 0.347. The average molecular weight is 306 g/mol. The quantitative estimate of drug-likeness (QED) is 0.811. The van der Waals surface area contributed by atoms with Crippen LogP contribution >= 0.6 is 23.2 Å². The molecule has 0 saturated carbocycles. The van der Waals surface area contributed by atoms with Crippen molar-refractivity contribution in [2.45, 2.75) is 32.4 Å². The van der Waals surface area contributed by atoms with Crippen LogP contribution in [0.1, 0.15) is 25.3 Å². The summed E-state index contributed by atoms with van der Waals surface area (Å²) in [6.07, 6.45) is 1.36. The van der Waals surface area contributed by atoms with Gasteiger partial charge in [-0.2, -0.15) is 0 Å². The van der Waals surface area contributed by atoms with Crippen molar-refractivity contribution in [1.29, 1.82) is 0 Å². The van der Waals surface area contributed by atoms with Gasteiger partial charge in [0, 0.05) is 17.6 Å². The summed E-state index contributed by atoms with van der Waals surface area (Å²) in [6.45, 7) is 2.29. The molecule has 19 heavy (non-hydrogen) atoms. The van der Waals surface area contributed by atoms with Crippen molar-refractivity contribution in [3.8, 4) is 5.75 Å². The Morgan fingerprint density at radius 2 is 2.11 bits per heavy atom. The lowest BCUT2D eigenvalue weighted by Gasteiger charge is -2.15. The third-order valence-corrected chi connectivity index (χ3v) is 3.38. The van der Waals surface area contributed by atoms with Crippen LogP contribution < -0.4 is 10.1 Å². The number of carbonyl (C=O) groups is 1. The van der Waals surface area contributed by atoms with Crippen molar-refractivity contribution in [1.82, 2.24) is 5.32 Å². The largest absolute Gasteiger partial charge is 0.495 e. The molecule has 106 valence electrons. The van der Waals surface area contributed by atoms with Crippen LogP contribution in [0.3, 0.4) is 0 Å². The second kappa shape index (κ2) is 7.58. The lowest BCUT2D eigenvalue weighted by molar-refractivity contribution is -0.139. The van der Waals surface area contributed by atoms with E-state index in [0.717, 1.165) is 12.0 Å². The second-order valence-electron chi connectivity index (χ2n) is 4.14. The molecule has 0 aliphatic rings. The van der Waals surface area contributed by atoms with E-state index < -0.39 is 12.0 Å². The monoisotopic (exact) mass is 305 g/mol. The summed E-state index contributed by atoms with van der Waals surface area (Å²) in [6, 6.07) is 2.72. The molecule has 0 fully saturated rings. The molecule has 6 heteroatoms. The minimum Gasteiger partial charge on any atom is -0.495 e. The molecule has 0 aromatic heterocycles. The number of carboxylic acids is 1. The fourth-order valence-corrected chi connectivity index (χ4v) is 2.18. The summed E-state index contributed by atoms with van der Waals surface area (Å²) >= 11 is 12.1. The first-order chi connectivity index (χ1) is 8.99. The standard InChI is InChI=1S/C13H17Cl2NO3/c1-3-4-11(13(17)18)16-7-8-5-10(15)12(19-2)6-9(8)14/h5-6,11,16H,3-4,7H2,1-2H3,(H,17,18). The SMILES string of the molecule is CCCC(NCc1cc(Cl)c(OC)cc1Cl)C(=O)O. The van der Waals surface area contributed by atoms with E-state index >= 15 is 0 Å². The van der Waals surface area contributed by atoms with E-state index in [1.165, 1.54) is 7.11 Å². The first-order valence-electron chi connectivity index (χ1n) is 5.97. The summed E-state index contributed by atoms with van der Waals surface area (Å²) in [4.78, 5) is 11.0. The van der Waals surface area contributed by atoms with Gasteiger partial charge in [0.25, 0.3) is 0 Å². The molecule has 2 N–H and O–H groups in total. The van der Waals surface area contributed by atoms with Crippen molar-refractivity contribution in [2.24, 2.45) is 0 Å². The van der Waals surface area contributed by atoms with E-state index in [1.807, 2.05) is 6.92 Å². The normalized spacial score (nSPS) is 12.2. The molecule has 0 radical (unpaired) electrons. The Bertz CT molecular complexity index is 452. The number of benzene rings is 1. The van der Waals surface area contributed by atoms with Crippen LogP contribution in [0.15, 0.2) is 12.1 Å². The highest BCUT2D eigenvalue weighted by molar-refractivity contribution is 6.34. The Morgan fingerprint density at radius 1 is 1.42 bits per heavy atom. The van der Waals surface area contributed by atoms with E-state index in [2.05, 4.69) is 5.32 Å². The fraction of sp³-hybridized carbons (Fsp3) is 0.462.